The molecule has 214 valence electrons. The Hall–Kier alpha value is -1.68. The summed E-state index contributed by atoms with van der Waals surface area (Å²) in [6.45, 7) is 8.81. The molecule has 3 unspecified atom stereocenters. The number of rotatable bonds is 18. The molecule has 0 bridgehead atoms. The second-order valence-corrected chi connectivity index (χ2v) is 10.7. The van der Waals surface area contributed by atoms with Crippen molar-refractivity contribution in [2.24, 2.45) is 11.7 Å². The number of ether oxygens (including phenoxy) is 4. The van der Waals surface area contributed by atoms with Gasteiger partial charge in [-0.15, -0.1) is 0 Å². The van der Waals surface area contributed by atoms with Crippen molar-refractivity contribution in [3.8, 4) is 0 Å². The molecule has 0 aromatic carbocycles. The smallest absolute Gasteiger partial charge is 0.407 e. The van der Waals surface area contributed by atoms with Gasteiger partial charge in [0.1, 0.15) is 12.2 Å². The number of hydrogen-bond acceptors (Lipinski definition) is 7. The Balaban J connectivity index is 1.60. The first-order valence-corrected chi connectivity index (χ1v) is 14.2. The molecule has 0 radical (unpaired) electrons. The van der Waals surface area contributed by atoms with Crippen LogP contribution in [0.5, 0.6) is 0 Å². The van der Waals surface area contributed by atoms with E-state index in [4.69, 9.17) is 24.7 Å². The van der Waals surface area contributed by atoms with E-state index < -0.39 is 0 Å². The third kappa shape index (κ3) is 11.3. The number of amides is 2. The van der Waals surface area contributed by atoms with Crippen molar-refractivity contribution in [3.05, 3.63) is 11.6 Å². The van der Waals surface area contributed by atoms with Crippen LogP contribution in [-0.2, 0) is 23.7 Å². The van der Waals surface area contributed by atoms with E-state index in [2.05, 4.69) is 37.5 Å². The van der Waals surface area contributed by atoms with E-state index in [1.165, 1.54) is 24.8 Å². The molecule has 5 atom stereocenters. The summed E-state index contributed by atoms with van der Waals surface area (Å²) in [5, 5.41) is 5.70. The van der Waals surface area contributed by atoms with Gasteiger partial charge in [-0.2, -0.15) is 0 Å². The van der Waals surface area contributed by atoms with Crippen LogP contribution >= 0.6 is 0 Å². The molecule has 1 heterocycles. The third-order valence-corrected chi connectivity index (χ3v) is 7.46. The van der Waals surface area contributed by atoms with E-state index in [1.807, 2.05) is 0 Å². The number of nitrogens with two attached hydrogens (primary N) is 1. The number of carbonyl (C=O) groups excluding carboxylic acids is 2. The molecular weight excluding hydrogens is 474 g/mol. The first kappa shape index (κ1) is 31.5. The molecule has 4 N–H and O–H groups in total. The molecule has 9 heteroatoms. The Labute approximate surface area is 223 Å². The lowest BCUT2D eigenvalue weighted by atomic mass is 9.73. The summed E-state index contributed by atoms with van der Waals surface area (Å²) in [6, 6.07) is 0. The first-order chi connectivity index (χ1) is 17.8. The Morgan fingerprint density at radius 2 is 1.65 bits per heavy atom. The first-order valence-electron chi connectivity index (χ1n) is 14.2. The zero-order valence-corrected chi connectivity index (χ0v) is 23.5. The molecule has 0 aromatic rings. The predicted octanol–water partition coefficient (Wildman–Crippen LogP) is 3.84. The van der Waals surface area contributed by atoms with Gasteiger partial charge in [-0.1, -0.05) is 50.2 Å². The number of allylic oxidation sites excluding steroid dienone is 1. The maximum absolute atomic E-state index is 12.5. The molecule has 2 rings (SSSR count). The fraction of sp³-hybridized carbons (Fsp3) is 0.857. The highest BCUT2D eigenvalue weighted by molar-refractivity contribution is 5.77. The lowest BCUT2D eigenvalue weighted by Crippen LogP contribution is -2.54. The molecule has 0 aromatic heterocycles. The summed E-state index contributed by atoms with van der Waals surface area (Å²) in [6.07, 6.45) is 11.5. The fourth-order valence-corrected chi connectivity index (χ4v) is 5.25. The molecule has 2 fully saturated rings. The Morgan fingerprint density at radius 1 is 1.05 bits per heavy atom. The minimum atomic E-state index is -0.377. The molecule has 37 heavy (non-hydrogen) atoms. The van der Waals surface area contributed by atoms with E-state index in [0.29, 0.717) is 26.3 Å². The molecule has 2 amide bonds. The van der Waals surface area contributed by atoms with Crippen LogP contribution in [0.1, 0.15) is 85.0 Å². The van der Waals surface area contributed by atoms with Gasteiger partial charge in [-0.05, 0) is 46.5 Å². The standard InChI is InChI=1S/C28H51N3O6/c1-21(2)14-18-35-22(3)25-26(34-4)23(13-15-28(25)20-36-28)37-27(33)31-17-12-10-8-6-5-7-9-11-16-30-24(32)19-29/h14,22-23,25-26H,5-13,15-20,29H2,1-4H3,(H,30,32)(H,31,33)/t22-,23?,25?,26?,28-/m0/s1. The number of nitrogens with one attached hydrogen (secondary N) is 2. The van der Waals surface area contributed by atoms with Gasteiger partial charge >= 0.3 is 6.09 Å². The number of epoxide rings is 1. The molecule has 9 nitrogen and oxygen atoms in total. The fourth-order valence-electron chi connectivity index (χ4n) is 5.25. The molecule has 1 spiro atoms. The molecule has 2 aliphatic rings. The van der Waals surface area contributed by atoms with Crippen LogP contribution in [0.15, 0.2) is 11.6 Å². The average molecular weight is 526 g/mol. The average Bonchev–Trinajstić information content (AvgIpc) is 3.64. The second-order valence-electron chi connectivity index (χ2n) is 10.7. The van der Waals surface area contributed by atoms with Crippen molar-refractivity contribution in [3.63, 3.8) is 0 Å². The van der Waals surface area contributed by atoms with Crippen molar-refractivity contribution in [2.75, 3.05) is 40.0 Å². The Morgan fingerprint density at radius 3 is 2.19 bits per heavy atom. The van der Waals surface area contributed by atoms with Crippen molar-refractivity contribution >= 4 is 12.0 Å². The van der Waals surface area contributed by atoms with Crippen molar-refractivity contribution < 1.29 is 28.5 Å². The highest BCUT2D eigenvalue weighted by atomic mass is 16.6. The minimum Gasteiger partial charge on any atom is -0.443 e. The van der Waals surface area contributed by atoms with Crippen molar-refractivity contribution in [1.29, 1.82) is 0 Å². The third-order valence-electron chi connectivity index (χ3n) is 7.46. The van der Waals surface area contributed by atoms with Crippen LogP contribution in [0.25, 0.3) is 0 Å². The van der Waals surface area contributed by atoms with Crippen LogP contribution in [0.4, 0.5) is 4.79 Å². The van der Waals surface area contributed by atoms with Gasteiger partial charge in [0.25, 0.3) is 0 Å². The summed E-state index contributed by atoms with van der Waals surface area (Å²) in [4.78, 5) is 23.6. The molecule has 1 saturated carbocycles. The van der Waals surface area contributed by atoms with E-state index >= 15 is 0 Å². The largest absolute Gasteiger partial charge is 0.443 e. The quantitative estimate of drug-likeness (QED) is 0.141. The van der Waals surface area contributed by atoms with Gasteiger partial charge in [-0.25, -0.2) is 4.79 Å². The zero-order chi connectivity index (χ0) is 27.1. The number of methoxy groups -OCH3 is 1. The van der Waals surface area contributed by atoms with Gasteiger partial charge in [0.05, 0.1) is 31.5 Å². The maximum Gasteiger partial charge on any atom is 0.407 e. The number of carbonyl (C=O) groups is 2. The Bertz CT molecular complexity index is 708. The van der Waals surface area contributed by atoms with E-state index in [0.717, 1.165) is 44.9 Å². The predicted molar refractivity (Wildman–Crippen MR) is 144 cm³/mol. The second kappa shape index (κ2) is 17.0. The van der Waals surface area contributed by atoms with Crippen LogP contribution in [0.2, 0.25) is 0 Å². The van der Waals surface area contributed by atoms with E-state index in [1.54, 1.807) is 7.11 Å². The van der Waals surface area contributed by atoms with Crippen LogP contribution in [0.3, 0.4) is 0 Å². The van der Waals surface area contributed by atoms with Gasteiger partial charge in [0.2, 0.25) is 5.91 Å². The lowest BCUT2D eigenvalue weighted by molar-refractivity contribution is -0.137. The van der Waals surface area contributed by atoms with Crippen molar-refractivity contribution in [2.45, 2.75) is 109 Å². The Kier molecular flexibility index (Phi) is 14.5. The zero-order valence-electron chi connectivity index (χ0n) is 23.5. The summed E-state index contributed by atoms with van der Waals surface area (Å²) < 4.78 is 23.7. The van der Waals surface area contributed by atoms with Gasteiger partial charge in [0, 0.05) is 26.1 Å². The summed E-state index contributed by atoms with van der Waals surface area (Å²) in [7, 11) is 1.68. The number of hydrogen-bond donors (Lipinski definition) is 3. The lowest BCUT2D eigenvalue weighted by Gasteiger charge is -2.42. The monoisotopic (exact) mass is 525 g/mol. The number of alkyl carbamates (subject to hydrolysis) is 1. The molecule has 1 aliphatic carbocycles. The number of unbranched alkanes of at least 4 members (excludes halogenated alkanes) is 7. The topological polar surface area (TPSA) is 124 Å². The maximum atomic E-state index is 12.5. The van der Waals surface area contributed by atoms with Crippen LogP contribution in [0, 0.1) is 5.92 Å². The molecule has 1 aliphatic heterocycles. The SMILES string of the molecule is COC1C(OC(=O)NCCCCCCCCCCNC(=O)CN)CC[C@]2(CO2)C1[C@H](C)OCC=C(C)C. The van der Waals surface area contributed by atoms with Gasteiger partial charge < -0.3 is 35.3 Å². The normalized spacial score (nSPS) is 25.4. The van der Waals surface area contributed by atoms with Gasteiger partial charge in [-0.3, -0.25) is 4.79 Å². The summed E-state index contributed by atoms with van der Waals surface area (Å²) in [5.41, 5.74) is 6.26. The highest BCUT2D eigenvalue weighted by Gasteiger charge is 2.61. The molecular formula is C28H51N3O6. The summed E-state index contributed by atoms with van der Waals surface area (Å²) in [5.74, 6) is -0.0746. The van der Waals surface area contributed by atoms with E-state index in [-0.39, 0.29) is 48.4 Å². The molecule has 1 saturated heterocycles. The minimum absolute atomic E-state index is 0.0132. The summed E-state index contributed by atoms with van der Waals surface area (Å²) >= 11 is 0. The van der Waals surface area contributed by atoms with E-state index in [9.17, 15) is 9.59 Å². The van der Waals surface area contributed by atoms with Crippen LogP contribution in [-0.4, -0.2) is 75.9 Å². The van der Waals surface area contributed by atoms with Crippen LogP contribution < -0.4 is 16.4 Å². The highest BCUT2D eigenvalue weighted by Crippen LogP contribution is 2.49. The van der Waals surface area contributed by atoms with Crippen molar-refractivity contribution in [1.82, 2.24) is 10.6 Å². The van der Waals surface area contributed by atoms with Gasteiger partial charge in [0.15, 0.2) is 0 Å².